The number of carbonyl (C=O) groups is 1. The molecule has 5 heteroatoms. The van der Waals surface area contributed by atoms with Gasteiger partial charge >= 0.3 is 0 Å². The van der Waals surface area contributed by atoms with Crippen molar-refractivity contribution in [3.63, 3.8) is 0 Å². The Morgan fingerprint density at radius 2 is 2.32 bits per heavy atom. The lowest BCUT2D eigenvalue weighted by Crippen LogP contribution is -2.52. The highest BCUT2D eigenvalue weighted by molar-refractivity contribution is 5.78. The molecule has 5 nitrogen and oxygen atoms in total. The van der Waals surface area contributed by atoms with Gasteiger partial charge in [0, 0.05) is 32.3 Å². The molecule has 2 atom stereocenters. The Morgan fingerprint density at radius 3 is 2.89 bits per heavy atom. The molecule has 0 radical (unpaired) electrons. The molecule has 0 aliphatic carbocycles. The van der Waals surface area contributed by atoms with Gasteiger partial charge < -0.3 is 20.1 Å². The molecule has 1 amide bonds. The first-order valence-corrected chi connectivity index (χ1v) is 7.13. The molecule has 0 aromatic rings. The number of carbonyl (C=O) groups excluding carboxylic acids is 1. The van der Waals surface area contributed by atoms with Crippen LogP contribution in [0.15, 0.2) is 0 Å². The van der Waals surface area contributed by atoms with E-state index in [1.54, 1.807) is 7.11 Å². The van der Waals surface area contributed by atoms with E-state index in [1.165, 1.54) is 6.42 Å². The molecule has 0 bridgehead atoms. The third-order valence-corrected chi connectivity index (χ3v) is 3.80. The van der Waals surface area contributed by atoms with Crippen LogP contribution in [-0.4, -0.2) is 61.4 Å². The number of methoxy groups -OCH3 is 1. The molecule has 0 aromatic carbocycles. The molecule has 112 valence electrons. The smallest absolute Gasteiger partial charge is 0.236 e. The molecular weight excluding hydrogens is 244 g/mol. The average molecular weight is 272 g/mol. The van der Waals surface area contributed by atoms with E-state index in [2.05, 4.69) is 12.2 Å². The summed E-state index contributed by atoms with van der Waals surface area (Å²) in [7, 11) is 1.63. The Kier molecular flexibility index (Phi) is 6.75. The molecule has 1 rings (SSSR count). The summed E-state index contributed by atoms with van der Waals surface area (Å²) in [4.78, 5) is 14.1. The zero-order valence-corrected chi connectivity index (χ0v) is 12.4. The van der Waals surface area contributed by atoms with Gasteiger partial charge in [-0.15, -0.1) is 0 Å². The van der Waals surface area contributed by atoms with Crippen LogP contribution in [0.3, 0.4) is 0 Å². The minimum absolute atomic E-state index is 0.0851. The standard InChI is InChI=1S/C14H28N2O3/c1-12-5-4-7-16(10-12)13(18)9-15-14(2,6-8-17)11-19-3/h12,15,17H,4-11H2,1-3H3. The van der Waals surface area contributed by atoms with Gasteiger partial charge in [0.2, 0.25) is 5.91 Å². The maximum atomic E-state index is 12.2. The van der Waals surface area contributed by atoms with Crippen molar-refractivity contribution in [2.45, 2.75) is 38.6 Å². The number of piperidine rings is 1. The predicted octanol–water partition coefficient (Wildman–Crippen LogP) is 0.622. The summed E-state index contributed by atoms with van der Waals surface area (Å²) in [6.07, 6.45) is 2.88. The van der Waals surface area contributed by atoms with Gasteiger partial charge in [-0.3, -0.25) is 4.79 Å². The van der Waals surface area contributed by atoms with E-state index in [-0.39, 0.29) is 18.1 Å². The van der Waals surface area contributed by atoms with Crippen LogP contribution in [0.2, 0.25) is 0 Å². The van der Waals surface area contributed by atoms with Crippen molar-refractivity contribution >= 4 is 5.91 Å². The van der Waals surface area contributed by atoms with Crippen molar-refractivity contribution < 1.29 is 14.6 Å². The summed E-state index contributed by atoms with van der Waals surface area (Å²) in [6.45, 7) is 6.77. The molecule has 0 aromatic heterocycles. The van der Waals surface area contributed by atoms with Crippen molar-refractivity contribution in [1.29, 1.82) is 0 Å². The summed E-state index contributed by atoms with van der Waals surface area (Å²) >= 11 is 0. The van der Waals surface area contributed by atoms with Gasteiger partial charge in [-0.25, -0.2) is 0 Å². The van der Waals surface area contributed by atoms with Crippen LogP contribution in [0.1, 0.15) is 33.1 Å². The summed E-state index contributed by atoms with van der Waals surface area (Å²) in [5.41, 5.74) is -0.347. The molecule has 1 heterocycles. The third-order valence-electron chi connectivity index (χ3n) is 3.80. The minimum atomic E-state index is -0.347. The van der Waals surface area contributed by atoms with E-state index in [9.17, 15) is 4.79 Å². The third kappa shape index (κ3) is 5.47. The SMILES string of the molecule is COCC(C)(CCO)NCC(=O)N1CCCC(C)C1. The number of ether oxygens (including phenoxy) is 1. The maximum absolute atomic E-state index is 12.2. The van der Waals surface area contributed by atoms with Crippen molar-refractivity contribution in [1.82, 2.24) is 10.2 Å². The van der Waals surface area contributed by atoms with E-state index in [0.29, 0.717) is 25.5 Å². The molecule has 0 spiro atoms. The van der Waals surface area contributed by atoms with E-state index in [1.807, 2.05) is 11.8 Å². The zero-order valence-electron chi connectivity index (χ0n) is 12.4. The number of nitrogens with one attached hydrogen (secondary N) is 1. The van der Waals surface area contributed by atoms with Crippen LogP contribution >= 0.6 is 0 Å². The second kappa shape index (κ2) is 7.82. The molecule has 2 N–H and O–H groups in total. The van der Waals surface area contributed by atoms with Crippen molar-refractivity contribution in [3.05, 3.63) is 0 Å². The number of hydrogen-bond acceptors (Lipinski definition) is 4. The molecule has 0 saturated carbocycles. The largest absolute Gasteiger partial charge is 0.396 e. The van der Waals surface area contributed by atoms with Crippen LogP contribution in [0, 0.1) is 5.92 Å². The van der Waals surface area contributed by atoms with Gasteiger partial charge in [-0.2, -0.15) is 0 Å². The normalized spacial score (nSPS) is 23.2. The number of nitrogens with zero attached hydrogens (tertiary/aromatic N) is 1. The van der Waals surface area contributed by atoms with Gasteiger partial charge in [0.1, 0.15) is 0 Å². The van der Waals surface area contributed by atoms with E-state index < -0.39 is 0 Å². The fourth-order valence-electron chi connectivity index (χ4n) is 2.59. The molecule has 2 unspecified atom stereocenters. The number of aliphatic hydroxyl groups is 1. The van der Waals surface area contributed by atoms with Crippen LogP contribution in [0.25, 0.3) is 0 Å². The highest BCUT2D eigenvalue weighted by atomic mass is 16.5. The molecule has 1 saturated heterocycles. The molecule has 19 heavy (non-hydrogen) atoms. The fourth-order valence-corrected chi connectivity index (χ4v) is 2.59. The Hall–Kier alpha value is -0.650. The lowest BCUT2D eigenvalue weighted by atomic mass is 9.98. The Bertz CT molecular complexity index is 278. The first-order chi connectivity index (χ1) is 9.00. The number of likely N-dealkylation sites (tertiary alicyclic amines) is 1. The number of rotatable bonds is 7. The van der Waals surface area contributed by atoms with Crippen molar-refractivity contribution in [3.8, 4) is 0 Å². The average Bonchev–Trinajstić information content (AvgIpc) is 2.37. The first kappa shape index (κ1) is 16.4. The van der Waals surface area contributed by atoms with Crippen LogP contribution in [0.4, 0.5) is 0 Å². The van der Waals surface area contributed by atoms with Gasteiger partial charge in [-0.1, -0.05) is 6.92 Å². The second-order valence-electron chi connectivity index (χ2n) is 5.91. The van der Waals surface area contributed by atoms with Crippen LogP contribution in [-0.2, 0) is 9.53 Å². The first-order valence-electron chi connectivity index (χ1n) is 7.13. The lowest BCUT2D eigenvalue weighted by molar-refractivity contribution is -0.132. The number of hydrogen-bond donors (Lipinski definition) is 2. The molecule has 1 aliphatic rings. The van der Waals surface area contributed by atoms with E-state index in [0.717, 1.165) is 19.5 Å². The lowest BCUT2D eigenvalue weighted by Gasteiger charge is -2.34. The van der Waals surface area contributed by atoms with E-state index >= 15 is 0 Å². The Morgan fingerprint density at radius 1 is 1.58 bits per heavy atom. The van der Waals surface area contributed by atoms with Gasteiger partial charge in [0.15, 0.2) is 0 Å². The fraction of sp³-hybridized carbons (Fsp3) is 0.929. The Labute approximate surface area is 116 Å². The number of aliphatic hydroxyl groups excluding tert-OH is 1. The highest BCUT2D eigenvalue weighted by Crippen LogP contribution is 2.15. The molecular formula is C14H28N2O3. The highest BCUT2D eigenvalue weighted by Gasteiger charge is 2.26. The minimum Gasteiger partial charge on any atom is -0.396 e. The van der Waals surface area contributed by atoms with Crippen LogP contribution < -0.4 is 5.32 Å². The van der Waals surface area contributed by atoms with E-state index in [4.69, 9.17) is 9.84 Å². The number of amides is 1. The molecule has 1 fully saturated rings. The predicted molar refractivity (Wildman–Crippen MR) is 75.0 cm³/mol. The summed E-state index contributed by atoms with van der Waals surface area (Å²) in [5, 5.41) is 12.3. The molecule has 1 aliphatic heterocycles. The van der Waals surface area contributed by atoms with Crippen molar-refractivity contribution in [2.75, 3.05) is 40.0 Å². The monoisotopic (exact) mass is 272 g/mol. The maximum Gasteiger partial charge on any atom is 0.236 e. The Balaban J connectivity index is 2.42. The van der Waals surface area contributed by atoms with Gasteiger partial charge in [-0.05, 0) is 32.1 Å². The summed E-state index contributed by atoms with van der Waals surface area (Å²) < 4.78 is 5.16. The topological polar surface area (TPSA) is 61.8 Å². The van der Waals surface area contributed by atoms with Gasteiger partial charge in [0.25, 0.3) is 0 Å². The van der Waals surface area contributed by atoms with Crippen molar-refractivity contribution in [2.24, 2.45) is 5.92 Å². The summed E-state index contributed by atoms with van der Waals surface area (Å²) in [5.74, 6) is 0.743. The second-order valence-corrected chi connectivity index (χ2v) is 5.91. The van der Waals surface area contributed by atoms with Crippen LogP contribution in [0.5, 0.6) is 0 Å². The zero-order chi connectivity index (χ0) is 14.3. The quantitative estimate of drug-likeness (QED) is 0.713. The summed E-state index contributed by atoms with van der Waals surface area (Å²) in [6, 6.07) is 0. The van der Waals surface area contributed by atoms with Gasteiger partial charge in [0.05, 0.1) is 13.2 Å².